The second-order valence-electron chi connectivity index (χ2n) is 6.76. The van der Waals surface area contributed by atoms with Gasteiger partial charge in [-0.25, -0.2) is 18.0 Å². The summed E-state index contributed by atoms with van der Waals surface area (Å²) in [5.41, 5.74) is -0.0119. The molecule has 1 aromatic rings. The predicted octanol–water partition coefficient (Wildman–Crippen LogP) is 2.46. The molecule has 1 aliphatic rings. The van der Waals surface area contributed by atoms with Gasteiger partial charge in [0.05, 0.1) is 30.2 Å². The van der Waals surface area contributed by atoms with Crippen LogP contribution in [0.5, 0.6) is 0 Å². The SMILES string of the molecule is COC(=O)c1cc(C(=O)OC)cc(S(=O)(=O)N(CCC(C)C)C2CC2)c1. The highest BCUT2D eigenvalue weighted by Crippen LogP contribution is 2.33. The monoisotopic (exact) mass is 383 g/mol. The molecule has 1 fully saturated rings. The van der Waals surface area contributed by atoms with Crippen LogP contribution in [-0.2, 0) is 19.5 Å². The predicted molar refractivity (Wildman–Crippen MR) is 95.5 cm³/mol. The van der Waals surface area contributed by atoms with E-state index in [1.54, 1.807) is 0 Å². The lowest BCUT2D eigenvalue weighted by Crippen LogP contribution is -2.35. The Morgan fingerprint density at radius 1 is 1.08 bits per heavy atom. The normalized spacial score (nSPS) is 14.5. The summed E-state index contributed by atoms with van der Waals surface area (Å²) in [4.78, 5) is 23.7. The van der Waals surface area contributed by atoms with Gasteiger partial charge in [0.15, 0.2) is 0 Å². The smallest absolute Gasteiger partial charge is 0.337 e. The van der Waals surface area contributed by atoms with Crippen molar-refractivity contribution in [2.75, 3.05) is 20.8 Å². The molecule has 0 aromatic heterocycles. The Balaban J connectivity index is 2.48. The zero-order valence-electron chi connectivity index (χ0n) is 15.5. The number of rotatable bonds is 8. The number of benzene rings is 1. The third-order valence-electron chi connectivity index (χ3n) is 4.24. The van der Waals surface area contributed by atoms with E-state index in [2.05, 4.69) is 9.47 Å². The van der Waals surface area contributed by atoms with Gasteiger partial charge < -0.3 is 9.47 Å². The average molecular weight is 383 g/mol. The zero-order valence-corrected chi connectivity index (χ0v) is 16.3. The maximum absolute atomic E-state index is 13.2. The van der Waals surface area contributed by atoms with Crippen LogP contribution in [0.25, 0.3) is 0 Å². The first-order valence-electron chi connectivity index (χ1n) is 8.54. The Morgan fingerprint density at radius 2 is 1.58 bits per heavy atom. The lowest BCUT2D eigenvalue weighted by Gasteiger charge is -2.23. The minimum absolute atomic E-state index is 0.00594. The van der Waals surface area contributed by atoms with E-state index in [0.717, 1.165) is 19.3 Å². The molecule has 26 heavy (non-hydrogen) atoms. The van der Waals surface area contributed by atoms with Crippen molar-refractivity contribution >= 4 is 22.0 Å². The maximum atomic E-state index is 13.2. The summed E-state index contributed by atoms with van der Waals surface area (Å²) in [6, 6.07) is 3.74. The molecule has 1 saturated carbocycles. The Hall–Kier alpha value is -1.93. The van der Waals surface area contributed by atoms with Crippen molar-refractivity contribution in [1.82, 2.24) is 4.31 Å². The van der Waals surface area contributed by atoms with Gasteiger partial charge in [-0.15, -0.1) is 0 Å². The van der Waals surface area contributed by atoms with Gasteiger partial charge in [0.25, 0.3) is 0 Å². The highest BCUT2D eigenvalue weighted by Gasteiger charge is 2.38. The van der Waals surface area contributed by atoms with Crippen molar-refractivity contribution < 1.29 is 27.5 Å². The first-order valence-corrected chi connectivity index (χ1v) is 9.98. The van der Waals surface area contributed by atoms with E-state index in [1.807, 2.05) is 13.8 Å². The molecule has 0 radical (unpaired) electrons. The molecule has 1 aliphatic carbocycles. The summed E-state index contributed by atoms with van der Waals surface area (Å²) in [6.45, 7) is 4.47. The second kappa shape index (κ2) is 8.18. The minimum atomic E-state index is -3.84. The number of carbonyl (C=O) groups is 2. The van der Waals surface area contributed by atoms with Crippen LogP contribution in [0.15, 0.2) is 23.1 Å². The zero-order chi connectivity index (χ0) is 19.5. The van der Waals surface area contributed by atoms with E-state index >= 15 is 0 Å². The van der Waals surface area contributed by atoms with Gasteiger partial charge >= 0.3 is 11.9 Å². The molecule has 0 aliphatic heterocycles. The van der Waals surface area contributed by atoms with Crippen LogP contribution in [0.4, 0.5) is 0 Å². The molecular formula is C18H25NO6S. The number of esters is 2. The van der Waals surface area contributed by atoms with E-state index in [9.17, 15) is 18.0 Å². The van der Waals surface area contributed by atoms with Gasteiger partial charge in [0.1, 0.15) is 0 Å². The van der Waals surface area contributed by atoms with Gasteiger partial charge in [-0.2, -0.15) is 4.31 Å². The Kier molecular flexibility index (Phi) is 6.41. The largest absolute Gasteiger partial charge is 0.465 e. The van der Waals surface area contributed by atoms with Crippen molar-refractivity contribution in [1.29, 1.82) is 0 Å². The van der Waals surface area contributed by atoms with Crippen LogP contribution in [0.2, 0.25) is 0 Å². The van der Waals surface area contributed by atoms with Crippen molar-refractivity contribution in [3.8, 4) is 0 Å². The highest BCUT2D eigenvalue weighted by atomic mass is 32.2. The van der Waals surface area contributed by atoms with Crippen molar-refractivity contribution in [2.45, 2.75) is 44.0 Å². The van der Waals surface area contributed by atoms with Gasteiger partial charge in [0.2, 0.25) is 10.0 Å². The third kappa shape index (κ3) is 4.62. The van der Waals surface area contributed by atoms with Crippen LogP contribution in [-0.4, -0.2) is 51.5 Å². The summed E-state index contributed by atoms with van der Waals surface area (Å²) in [5, 5.41) is 0. The number of nitrogens with zero attached hydrogens (tertiary/aromatic N) is 1. The molecule has 2 rings (SSSR count). The number of hydrogen-bond donors (Lipinski definition) is 0. The lowest BCUT2D eigenvalue weighted by atomic mass is 10.1. The van der Waals surface area contributed by atoms with Crippen LogP contribution in [0.1, 0.15) is 53.8 Å². The molecule has 0 N–H and O–H groups in total. The molecule has 8 heteroatoms. The highest BCUT2D eigenvalue weighted by molar-refractivity contribution is 7.89. The second-order valence-corrected chi connectivity index (χ2v) is 8.65. The number of carbonyl (C=O) groups excluding carboxylic acids is 2. The van der Waals surface area contributed by atoms with Crippen molar-refractivity contribution in [3.05, 3.63) is 29.3 Å². The Labute approximate surface area is 154 Å². The van der Waals surface area contributed by atoms with Crippen LogP contribution in [0.3, 0.4) is 0 Å². The van der Waals surface area contributed by atoms with Crippen LogP contribution >= 0.6 is 0 Å². The van der Waals surface area contributed by atoms with E-state index in [4.69, 9.17) is 0 Å². The molecular weight excluding hydrogens is 358 g/mol. The van der Waals surface area contributed by atoms with Gasteiger partial charge in [-0.05, 0) is 43.4 Å². The lowest BCUT2D eigenvalue weighted by molar-refractivity contribution is 0.0598. The first-order chi connectivity index (χ1) is 12.2. The summed E-state index contributed by atoms with van der Waals surface area (Å²) in [5.74, 6) is -1.07. The molecule has 1 aromatic carbocycles. The standard InChI is InChI=1S/C18H25NO6S/c1-12(2)7-8-19(15-5-6-15)26(22,23)16-10-13(17(20)24-3)9-14(11-16)18(21)25-4/h9-12,15H,5-8H2,1-4H3. The van der Waals surface area contributed by atoms with Crippen LogP contribution < -0.4 is 0 Å². The van der Waals surface area contributed by atoms with Crippen molar-refractivity contribution in [2.24, 2.45) is 5.92 Å². The molecule has 0 atom stereocenters. The van der Waals surface area contributed by atoms with Gasteiger partial charge in [-0.3, -0.25) is 0 Å². The van der Waals surface area contributed by atoms with Gasteiger partial charge in [0, 0.05) is 12.6 Å². The summed E-state index contributed by atoms with van der Waals surface area (Å²) in [6.07, 6.45) is 2.37. The summed E-state index contributed by atoms with van der Waals surface area (Å²) < 4.78 is 37.2. The molecule has 0 spiro atoms. The van der Waals surface area contributed by atoms with Crippen LogP contribution in [0, 0.1) is 5.92 Å². The summed E-state index contributed by atoms with van der Waals surface area (Å²) >= 11 is 0. The number of hydrogen-bond acceptors (Lipinski definition) is 6. The summed E-state index contributed by atoms with van der Waals surface area (Å²) in [7, 11) is -1.45. The van der Waals surface area contributed by atoms with Crippen molar-refractivity contribution in [3.63, 3.8) is 0 Å². The van der Waals surface area contributed by atoms with E-state index in [-0.39, 0.29) is 22.1 Å². The maximum Gasteiger partial charge on any atom is 0.337 e. The van der Waals surface area contributed by atoms with E-state index in [1.165, 1.54) is 36.7 Å². The third-order valence-corrected chi connectivity index (χ3v) is 6.17. The van der Waals surface area contributed by atoms with Gasteiger partial charge in [-0.1, -0.05) is 13.8 Å². The van der Waals surface area contributed by atoms with E-state index < -0.39 is 22.0 Å². The van der Waals surface area contributed by atoms with E-state index in [0.29, 0.717) is 12.5 Å². The fraction of sp³-hybridized carbons (Fsp3) is 0.556. The minimum Gasteiger partial charge on any atom is -0.465 e. The average Bonchev–Trinajstić information content (AvgIpc) is 3.44. The molecule has 7 nitrogen and oxygen atoms in total. The fourth-order valence-electron chi connectivity index (χ4n) is 2.60. The quantitative estimate of drug-likeness (QED) is 0.641. The number of methoxy groups -OCH3 is 2. The Bertz CT molecular complexity index is 749. The molecule has 0 unspecified atom stereocenters. The first kappa shape index (κ1) is 20.4. The molecule has 0 saturated heterocycles. The number of ether oxygens (including phenoxy) is 2. The molecule has 144 valence electrons. The molecule has 0 heterocycles. The fourth-order valence-corrected chi connectivity index (χ4v) is 4.37. The molecule has 0 amide bonds. The molecule has 0 bridgehead atoms. The Morgan fingerprint density at radius 3 is 1.96 bits per heavy atom. The number of sulfonamides is 1. The topological polar surface area (TPSA) is 90.0 Å².